The minimum Gasteiger partial charge on any atom is -0.508 e. The summed E-state index contributed by atoms with van der Waals surface area (Å²) in [5, 5.41) is 9.86. The maximum atomic E-state index is 12.8. The number of phenols is 1. The second kappa shape index (κ2) is 2.85. The van der Waals surface area contributed by atoms with Gasteiger partial charge >= 0.3 is 0 Å². The largest absolute Gasteiger partial charge is 0.508 e. The number of hydrogen-bond acceptors (Lipinski definition) is 2. The molecule has 1 heterocycles. The Balaban J connectivity index is 2.88. The molecular weight excluding hydrogens is 290 g/mol. The van der Waals surface area contributed by atoms with E-state index in [0.717, 1.165) is 25.0 Å². The number of fused-ring (bicyclic) bond motifs is 1. The molecule has 1 aromatic heterocycles. The van der Waals surface area contributed by atoms with Crippen LogP contribution in [-0.2, 0) is 0 Å². The molecule has 0 spiro atoms. The lowest BCUT2D eigenvalue weighted by Gasteiger charge is -1.94. The van der Waals surface area contributed by atoms with Crippen LogP contribution in [0.4, 0.5) is 4.39 Å². The highest BCUT2D eigenvalue weighted by Crippen LogP contribution is 2.31. The maximum Gasteiger partial charge on any atom is 0.177 e. The Bertz CT molecular complexity index is 438. The van der Waals surface area contributed by atoms with Crippen molar-refractivity contribution >= 4 is 44.0 Å². The monoisotopic (exact) mass is 294 g/mol. The molecule has 0 saturated carbocycles. The highest BCUT2D eigenvalue weighted by atomic mass is 127. The van der Waals surface area contributed by atoms with Crippen LogP contribution in [0.2, 0.25) is 0 Å². The molecule has 4 heteroatoms. The number of hydrogen-bond donors (Lipinski definition) is 1. The average molecular weight is 294 g/mol. The SMILES string of the molecule is Oc1cc(I)c2cc(F)sc2c1. The summed E-state index contributed by atoms with van der Waals surface area (Å²) in [5.74, 6) is 0.189. The van der Waals surface area contributed by atoms with Crippen LogP contribution < -0.4 is 0 Å². The molecule has 0 saturated heterocycles. The first kappa shape index (κ1) is 8.25. The Hall–Kier alpha value is -0.360. The van der Waals surface area contributed by atoms with Gasteiger partial charge in [0.15, 0.2) is 5.13 Å². The molecular formula is C8H4FIOS. The van der Waals surface area contributed by atoms with Crippen molar-refractivity contribution in [3.05, 3.63) is 26.9 Å². The zero-order valence-corrected chi connectivity index (χ0v) is 8.82. The molecule has 2 rings (SSSR count). The van der Waals surface area contributed by atoms with Crippen LogP contribution in [-0.4, -0.2) is 5.11 Å². The molecule has 0 bridgehead atoms. The van der Waals surface area contributed by atoms with Gasteiger partial charge in [-0.1, -0.05) is 0 Å². The van der Waals surface area contributed by atoms with E-state index in [1.165, 1.54) is 6.07 Å². The molecule has 0 aliphatic carbocycles. The molecule has 0 atom stereocenters. The van der Waals surface area contributed by atoms with Gasteiger partial charge in [-0.25, -0.2) is 0 Å². The first-order valence-corrected chi connectivity index (χ1v) is 5.14. The molecule has 0 unspecified atom stereocenters. The summed E-state index contributed by atoms with van der Waals surface area (Å²) in [6.07, 6.45) is 0. The number of aromatic hydroxyl groups is 1. The van der Waals surface area contributed by atoms with E-state index in [2.05, 4.69) is 22.6 Å². The number of thiophene rings is 1. The molecule has 2 aromatic rings. The zero-order chi connectivity index (χ0) is 8.72. The summed E-state index contributed by atoms with van der Waals surface area (Å²) in [6.45, 7) is 0. The van der Waals surface area contributed by atoms with E-state index in [4.69, 9.17) is 0 Å². The van der Waals surface area contributed by atoms with Crippen molar-refractivity contribution in [1.29, 1.82) is 0 Å². The van der Waals surface area contributed by atoms with Gasteiger partial charge in [-0.15, -0.1) is 11.3 Å². The zero-order valence-electron chi connectivity index (χ0n) is 5.84. The van der Waals surface area contributed by atoms with Crippen molar-refractivity contribution in [2.45, 2.75) is 0 Å². The first-order valence-electron chi connectivity index (χ1n) is 3.24. The normalized spacial score (nSPS) is 10.8. The summed E-state index contributed by atoms with van der Waals surface area (Å²) in [5.41, 5.74) is 0. The highest BCUT2D eigenvalue weighted by molar-refractivity contribution is 14.1. The topological polar surface area (TPSA) is 20.2 Å². The Kier molecular flexibility index (Phi) is 1.96. The molecule has 0 fully saturated rings. The molecule has 62 valence electrons. The molecule has 1 nitrogen and oxygen atoms in total. The van der Waals surface area contributed by atoms with E-state index in [1.807, 2.05) is 0 Å². The lowest BCUT2D eigenvalue weighted by atomic mass is 10.2. The molecule has 0 amide bonds. The van der Waals surface area contributed by atoms with Gasteiger partial charge in [0.2, 0.25) is 0 Å². The van der Waals surface area contributed by atoms with Crippen LogP contribution in [0.3, 0.4) is 0 Å². The van der Waals surface area contributed by atoms with Crippen LogP contribution in [0.25, 0.3) is 10.1 Å². The van der Waals surface area contributed by atoms with Crippen LogP contribution in [0.5, 0.6) is 5.75 Å². The van der Waals surface area contributed by atoms with Gasteiger partial charge in [-0.2, -0.15) is 4.39 Å². The van der Waals surface area contributed by atoms with E-state index >= 15 is 0 Å². The van der Waals surface area contributed by atoms with Crippen LogP contribution in [0, 0.1) is 8.70 Å². The van der Waals surface area contributed by atoms with Gasteiger partial charge in [-0.05, 0) is 40.8 Å². The third-order valence-corrected chi connectivity index (χ3v) is 3.30. The minimum absolute atomic E-state index is 0.189. The first-order chi connectivity index (χ1) is 5.66. The molecule has 0 aliphatic rings. The summed E-state index contributed by atoms with van der Waals surface area (Å²) < 4.78 is 14.4. The molecule has 12 heavy (non-hydrogen) atoms. The lowest BCUT2D eigenvalue weighted by molar-refractivity contribution is 0.476. The van der Waals surface area contributed by atoms with Gasteiger partial charge in [0.25, 0.3) is 0 Å². The summed E-state index contributed by atoms with van der Waals surface area (Å²) in [6, 6.07) is 4.68. The van der Waals surface area contributed by atoms with Gasteiger partial charge in [0.1, 0.15) is 5.75 Å². The maximum absolute atomic E-state index is 12.8. The molecule has 1 N–H and O–H groups in total. The second-order valence-electron chi connectivity index (χ2n) is 2.39. The standard InChI is InChI=1S/C8H4FIOS/c9-8-3-5-6(10)1-4(11)2-7(5)12-8/h1-3,11H. The number of benzene rings is 1. The predicted molar refractivity (Wildman–Crippen MR) is 56.2 cm³/mol. The van der Waals surface area contributed by atoms with Crippen molar-refractivity contribution in [2.75, 3.05) is 0 Å². The predicted octanol–water partition coefficient (Wildman–Crippen LogP) is 3.35. The van der Waals surface area contributed by atoms with Gasteiger partial charge in [0.05, 0.1) is 0 Å². The van der Waals surface area contributed by atoms with E-state index in [-0.39, 0.29) is 10.9 Å². The lowest BCUT2D eigenvalue weighted by Crippen LogP contribution is -1.71. The Morgan fingerprint density at radius 1 is 1.33 bits per heavy atom. The van der Waals surface area contributed by atoms with Crippen LogP contribution in [0.15, 0.2) is 18.2 Å². The van der Waals surface area contributed by atoms with Crippen LogP contribution in [0.1, 0.15) is 0 Å². The summed E-state index contributed by atoms with van der Waals surface area (Å²) >= 11 is 3.13. The quantitative estimate of drug-likeness (QED) is 0.739. The van der Waals surface area contributed by atoms with Crippen molar-refractivity contribution in [1.82, 2.24) is 0 Å². The highest BCUT2D eigenvalue weighted by Gasteiger charge is 2.05. The van der Waals surface area contributed by atoms with Gasteiger partial charge < -0.3 is 5.11 Å². The smallest absolute Gasteiger partial charge is 0.177 e. The Morgan fingerprint density at radius 3 is 2.83 bits per heavy atom. The fourth-order valence-corrected chi connectivity index (χ4v) is 2.85. The van der Waals surface area contributed by atoms with Gasteiger partial charge in [0, 0.05) is 13.7 Å². The van der Waals surface area contributed by atoms with E-state index in [1.54, 1.807) is 12.1 Å². The Morgan fingerprint density at radius 2 is 2.08 bits per heavy atom. The van der Waals surface area contributed by atoms with Crippen molar-refractivity contribution < 1.29 is 9.50 Å². The summed E-state index contributed by atoms with van der Waals surface area (Å²) in [4.78, 5) is 0. The Labute approximate surface area is 86.0 Å². The van der Waals surface area contributed by atoms with Crippen molar-refractivity contribution in [3.8, 4) is 5.75 Å². The van der Waals surface area contributed by atoms with Crippen molar-refractivity contribution in [3.63, 3.8) is 0 Å². The number of phenolic OH excluding ortho intramolecular Hbond substituents is 1. The third kappa shape index (κ3) is 1.29. The van der Waals surface area contributed by atoms with Crippen molar-refractivity contribution in [2.24, 2.45) is 0 Å². The number of halogens is 2. The molecule has 0 aliphatic heterocycles. The minimum atomic E-state index is -0.214. The summed E-state index contributed by atoms with van der Waals surface area (Å²) in [7, 11) is 0. The third-order valence-electron chi connectivity index (χ3n) is 1.54. The second-order valence-corrected chi connectivity index (χ2v) is 4.59. The number of rotatable bonds is 0. The molecule has 0 radical (unpaired) electrons. The van der Waals surface area contributed by atoms with Crippen LogP contribution >= 0.6 is 33.9 Å². The fraction of sp³-hybridized carbons (Fsp3) is 0. The molecule has 1 aromatic carbocycles. The average Bonchev–Trinajstić information content (AvgIpc) is 2.29. The fourth-order valence-electron chi connectivity index (χ4n) is 1.05. The van der Waals surface area contributed by atoms with Gasteiger partial charge in [-0.3, -0.25) is 0 Å². The van der Waals surface area contributed by atoms with E-state index < -0.39 is 0 Å². The van der Waals surface area contributed by atoms with E-state index in [9.17, 15) is 9.50 Å². The van der Waals surface area contributed by atoms with E-state index in [0.29, 0.717) is 0 Å².